The van der Waals surface area contributed by atoms with Gasteiger partial charge in [-0.25, -0.2) is 14.8 Å². The van der Waals surface area contributed by atoms with Crippen molar-refractivity contribution >= 4 is 24.0 Å². The number of hydrogen-bond donors (Lipinski definition) is 7. The van der Waals surface area contributed by atoms with Crippen LogP contribution in [0.25, 0.3) is 0 Å². The number of primary amides is 1. The minimum Gasteiger partial charge on any atom is -0.481 e. The molecule has 3 heterocycles. The van der Waals surface area contributed by atoms with E-state index in [1.54, 1.807) is 0 Å². The lowest BCUT2D eigenvalue weighted by atomic mass is 9.82. The molecule has 13 heteroatoms. The van der Waals surface area contributed by atoms with Crippen LogP contribution >= 0.6 is 0 Å². The van der Waals surface area contributed by atoms with E-state index in [0.717, 1.165) is 0 Å². The van der Waals surface area contributed by atoms with Gasteiger partial charge in [-0.2, -0.15) is 0 Å². The Morgan fingerprint density at radius 2 is 2.04 bits per heavy atom. The summed E-state index contributed by atoms with van der Waals surface area (Å²) in [6, 6.07) is -1.88. The van der Waals surface area contributed by atoms with E-state index >= 15 is 0 Å². The third-order valence-electron chi connectivity index (χ3n) is 4.74. The summed E-state index contributed by atoms with van der Waals surface area (Å²) < 4.78 is 4.74. The van der Waals surface area contributed by atoms with Crippen LogP contribution in [0.5, 0.6) is 0 Å². The highest BCUT2D eigenvalue weighted by atomic mass is 16.5. The van der Waals surface area contributed by atoms with Crippen LogP contribution in [0.1, 0.15) is 6.42 Å². The number of carbonyl (C=O) groups excluding carboxylic acids is 1. The molecule has 10 N–H and O–H groups in total. The molecule has 25 heavy (non-hydrogen) atoms. The van der Waals surface area contributed by atoms with E-state index in [0.29, 0.717) is 0 Å². The zero-order chi connectivity index (χ0) is 18.6. The Hall–Kier alpha value is -2.80. The lowest BCUT2D eigenvalue weighted by Gasteiger charge is -2.49. The lowest BCUT2D eigenvalue weighted by Crippen LogP contribution is -2.77. The number of aliphatic hydroxyl groups is 2. The average molecular weight is 357 g/mol. The molecule has 138 valence electrons. The predicted octanol–water partition coefficient (Wildman–Crippen LogP) is -4.15. The molecule has 4 unspecified atom stereocenters. The molecule has 0 aromatic carbocycles. The summed E-state index contributed by atoms with van der Waals surface area (Å²) in [7, 11) is 0. The molecular formula is C12H19N7O6. The number of amides is 1. The van der Waals surface area contributed by atoms with Crippen molar-refractivity contribution < 1.29 is 29.6 Å². The van der Waals surface area contributed by atoms with Crippen molar-refractivity contribution in [2.24, 2.45) is 33.1 Å². The van der Waals surface area contributed by atoms with Crippen LogP contribution in [0.4, 0.5) is 4.79 Å². The van der Waals surface area contributed by atoms with Crippen LogP contribution in [-0.2, 0) is 9.53 Å². The standard InChI is InChI=1S/C12H19N7O6/c13-8-17-7-5(3-25-10(15)22)16-9(14)19-2-4(1-6(20)21)12(23,24)11(7,19)18-8/h4-5,7,23-24H,1-3H2,(H2,14,16)(H2,15,22)(H,20,21)(H3,13,17,18). The van der Waals surface area contributed by atoms with Gasteiger partial charge in [0.1, 0.15) is 18.7 Å². The maximum atomic E-state index is 11.1. The first-order valence-corrected chi connectivity index (χ1v) is 7.40. The van der Waals surface area contributed by atoms with Crippen molar-refractivity contribution in [3.8, 4) is 0 Å². The Bertz CT molecular complexity index is 679. The minimum atomic E-state index is -2.55. The van der Waals surface area contributed by atoms with Gasteiger partial charge in [0.2, 0.25) is 5.79 Å². The van der Waals surface area contributed by atoms with Crippen molar-refractivity contribution in [2.45, 2.75) is 30.0 Å². The number of carboxylic acid groups (broad SMARTS) is 1. The van der Waals surface area contributed by atoms with Gasteiger partial charge in [0, 0.05) is 12.5 Å². The number of nitrogens with zero attached hydrogens (tertiary/aromatic N) is 3. The zero-order valence-electron chi connectivity index (χ0n) is 13.0. The number of nitrogens with one attached hydrogen (secondary N) is 1. The highest BCUT2D eigenvalue weighted by Gasteiger charge is 2.73. The second-order valence-corrected chi connectivity index (χ2v) is 6.17. The molecule has 13 nitrogen and oxygen atoms in total. The normalized spacial score (nSPS) is 35.1. The second kappa shape index (κ2) is 5.35. The molecule has 0 bridgehead atoms. The molecule has 0 saturated carbocycles. The molecule has 1 fully saturated rings. The van der Waals surface area contributed by atoms with Crippen LogP contribution in [0.15, 0.2) is 9.98 Å². The molecule has 0 radical (unpaired) electrons. The molecule has 0 aliphatic carbocycles. The number of hydrogen-bond acceptors (Lipinski definition) is 11. The van der Waals surface area contributed by atoms with E-state index in [-0.39, 0.29) is 25.1 Å². The SMILES string of the molecule is NC(=O)OCC1N=C(N)N2CC(CC(=O)O)C(O)(O)C23NC(N)=NC13. The van der Waals surface area contributed by atoms with Crippen molar-refractivity contribution in [1.82, 2.24) is 10.2 Å². The average Bonchev–Trinajstić information content (AvgIpc) is 2.94. The van der Waals surface area contributed by atoms with Gasteiger partial charge < -0.3 is 47.5 Å². The Balaban J connectivity index is 2.02. The number of nitrogens with two attached hydrogens (primary N) is 3. The molecule has 0 aromatic rings. The summed E-state index contributed by atoms with van der Waals surface area (Å²) in [5.74, 6) is -5.04. The number of ether oxygens (including phenoxy) is 1. The summed E-state index contributed by atoms with van der Waals surface area (Å²) in [6.45, 7) is -0.404. The van der Waals surface area contributed by atoms with Crippen molar-refractivity contribution in [3.05, 3.63) is 0 Å². The number of aliphatic carboxylic acids is 1. The van der Waals surface area contributed by atoms with E-state index in [4.69, 9.17) is 27.0 Å². The third-order valence-corrected chi connectivity index (χ3v) is 4.74. The first-order chi connectivity index (χ1) is 11.6. The number of guanidine groups is 2. The fourth-order valence-electron chi connectivity index (χ4n) is 3.75. The Morgan fingerprint density at radius 3 is 2.64 bits per heavy atom. The van der Waals surface area contributed by atoms with Crippen LogP contribution < -0.4 is 22.5 Å². The van der Waals surface area contributed by atoms with Crippen LogP contribution in [-0.4, -0.2) is 80.9 Å². The monoisotopic (exact) mass is 357 g/mol. The highest BCUT2D eigenvalue weighted by Crippen LogP contribution is 2.48. The van der Waals surface area contributed by atoms with Crippen LogP contribution in [0.2, 0.25) is 0 Å². The topological polar surface area (TPSA) is 222 Å². The van der Waals surface area contributed by atoms with Gasteiger partial charge in [-0.1, -0.05) is 0 Å². The zero-order valence-corrected chi connectivity index (χ0v) is 13.0. The molecule has 4 atom stereocenters. The van der Waals surface area contributed by atoms with Gasteiger partial charge in [0.15, 0.2) is 17.6 Å². The van der Waals surface area contributed by atoms with Crippen molar-refractivity contribution in [2.75, 3.05) is 13.2 Å². The molecular weight excluding hydrogens is 338 g/mol. The summed E-state index contributed by atoms with van der Waals surface area (Å²) in [4.78, 5) is 31.6. The number of rotatable bonds is 4. The smallest absolute Gasteiger partial charge is 0.404 e. The first kappa shape index (κ1) is 17.0. The van der Waals surface area contributed by atoms with Gasteiger partial charge >= 0.3 is 12.1 Å². The van der Waals surface area contributed by atoms with Gasteiger partial charge in [-0.3, -0.25) is 4.79 Å². The molecule has 3 rings (SSSR count). The van der Waals surface area contributed by atoms with Gasteiger partial charge in [0.05, 0.1) is 6.42 Å². The number of carboxylic acids is 1. The number of aliphatic imine (C=N–C) groups is 2. The molecule has 1 saturated heterocycles. The second-order valence-electron chi connectivity index (χ2n) is 6.17. The summed E-state index contributed by atoms with van der Waals surface area (Å²) in [5, 5.41) is 33.4. The minimum absolute atomic E-state index is 0.0907. The van der Waals surface area contributed by atoms with E-state index in [2.05, 4.69) is 15.3 Å². The van der Waals surface area contributed by atoms with Gasteiger partial charge in [0.25, 0.3) is 0 Å². The van der Waals surface area contributed by atoms with Gasteiger partial charge in [-0.15, -0.1) is 0 Å². The Labute approximate surface area is 141 Å². The highest BCUT2D eigenvalue weighted by molar-refractivity contribution is 5.87. The van der Waals surface area contributed by atoms with E-state index in [9.17, 15) is 19.8 Å². The lowest BCUT2D eigenvalue weighted by molar-refractivity contribution is -0.244. The van der Waals surface area contributed by atoms with E-state index in [1.165, 1.54) is 4.90 Å². The van der Waals surface area contributed by atoms with Crippen molar-refractivity contribution in [3.63, 3.8) is 0 Å². The Kier molecular flexibility index (Phi) is 3.65. The fraction of sp³-hybridized carbons (Fsp3) is 0.667. The quantitative estimate of drug-likeness (QED) is 0.240. The third kappa shape index (κ3) is 2.31. The van der Waals surface area contributed by atoms with Crippen LogP contribution in [0, 0.1) is 5.92 Å². The molecule has 1 spiro atoms. The molecule has 1 amide bonds. The first-order valence-electron chi connectivity index (χ1n) is 7.40. The largest absolute Gasteiger partial charge is 0.481 e. The van der Waals surface area contributed by atoms with Gasteiger partial charge in [-0.05, 0) is 0 Å². The maximum Gasteiger partial charge on any atom is 0.404 e. The molecule has 0 aromatic heterocycles. The van der Waals surface area contributed by atoms with Crippen molar-refractivity contribution in [1.29, 1.82) is 0 Å². The molecule has 3 aliphatic heterocycles. The fourth-order valence-corrected chi connectivity index (χ4v) is 3.75. The van der Waals surface area contributed by atoms with E-state index < -0.39 is 47.9 Å². The van der Waals surface area contributed by atoms with E-state index in [1.807, 2.05) is 0 Å². The number of carbonyl (C=O) groups is 2. The molecule has 3 aliphatic rings. The summed E-state index contributed by atoms with van der Waals surface area (Å²) in [5.41, 5.74) is 14.9. The summed E-state index contributed by atoms with van der Waals surface area (Å²) in [6.07, 6.45) is -1.56. The summed E-state index contributed by atoms with van der Waals surface area (Å²) >= 11 is 0. The predicted molar refractivity (Wildman–Crippen MR) is 81.8 cm³/mol. The maximum absolute atomic E-state index is 11.1. The Morgan fingerprint density at radius 1 is 1.36 bits per heavy atom. The van der Waals surface area contributed by atoms with Crippen LogP contribution in [0.3, 0.4) is 0 Å².